The lowest BCUT2D eigenvalue weighted by atomic mass is 10.1. The SMILES string of the molecule is C#CCN1C(=O)S/C(=C/c2ccccc2OCc2cccc(C)c2)C1=O. The first kappa shape index (κ1) is 17.8. The zero-order valence-electron chi connectivity index (χ0n) is 14.3. The van der Waals surface area contributed by atoms with E-state index in [2.05, 4.69) is 12.0 Å². The largest absolute Gasteiger partial charge is 0.488 e. The van der Waals surface area contributed by atoms with Gasteiger partial charge in [0.15, 0.2) is 0 Å². The molecule has 1 aliphatic rings. The van der Waals surface area contributed by atoms with Crippen molar-refractivity contribution in [2.24, 2.45) is 0 Å². The molecule has 26 heavy (non-hydrogen) atoms. The van der Waals surface area contributed by atoms with Gasteiger partial charge in [0.1, 0.15) is 12.4 Å². The van der Waals surface area contributed by atoms with Gasteiger partial charge in [-0.15, -0.1) is 6.42 Å². The lowest BCUT2D eigenvalue weighted by Crippen LogP contribution is -2.28. The highest BCUT2D eigenvalue weighted by Gasteiger charge is 2.34. The van der Waals surface area contributed by atoms with Gasteiger partial charge in [-0.1, -0.05) is 53.9 Å². The van der Waals surface area contributed by atoms with Gasteiger partial charge in [0.2, 0.25) is 0 Å². The van der Waals surface area contributed by atoms with Crippen LogP contribution in [0.4, 0.5) is 4.79 Å². The maximum absolute atomic E-state index is 12.3. The molecule has 3 rings (SSSR count). The maximum atomic E-state index is 12.3. The third-order valence-corrected chi connectivity index (χ3v) is 4.71. The van der Waals surface area contributed by atoms with Crippen LogP contribution in [0.3, 0.4) is 0 Å². The van der Waals surface area contributed by atoms with Crippen LogP contribution in [0.5, 0.6) is 5.75 Å². The zero-order chi connectivity index (χ0) is 18.5. The van der Waals surface area contributed by atoms with Crippen molar-refractivity contribution in [3.05, 3.63) is 70.1 Å². The number of thioether (sulfide) groups is 1. The highest BCUT2D eigenvalue weighted by atomic mass is 32.2. The predicted octanol–water partition coefficient (Wildman–Crippen LogP) is 4.24. The van der Waals surface area contributed by atoms with Crippen LogP contribution in [0.25, 0.3) is 6.08 Å². The van der Waals surface area contributed by atoms with Gasteiger partial charge >= 0.3 is 0 Å². The van der Waals surface area contributed by atoms with Crippen molar-refractivity contribution in [1.29, 1.82) is 0 Å². The number of para-hydroxylation sites is 1. The molecule has 0 spiro atoms. The molecule has 0 unspecified atom stereocenters. The van der Waals surface area contributed by atoms with Crippen LogP contribution in [0.2, 0.25) is 0 Å². The molecule has 2 amide bonds. The fourth-order valence-electron chi connectivity index (χ4n) is 2.56. The Morgan fingerprint density at radius 3 is 2.77 bits per heavy atom. The van der Waals surface area contributed by atoms with E-state index in [1.165, 1.54) is 5.56 Å². The number of hydrogen-bond donors (Lipinski definition) is 0. The first-order valence-corrected chi connectivity index (χ1v) is 8.86. The topological polar surface area (TPSA) is 46.6 Å². The molecule has 0 bridgehead atoms. The highest BCUT2D eigenvalue weighted by Crippen LogP contribution is 2.33. The Balaban J connectivity index is 1.80. The van der Waals surface area contributed by atoms with Crippen LogP contribution < -0.4 is 4.74 Å². The summed E-state index contributed by atoms with van der Waals surface area (Å²) in [6.45, 7) is 2.43. The summed E-state index contributed by atoms with van der Waals surface area (Å²) >= 11 is 0.889. The summed E-state index contributed by atoms with van der Waals surface area (Å²) < 4.78 is 5.93. The fraction of sp³-hybridized carbons (Fsp3) is 0.143. The number of hydrogen-bond acceptors (Lipinski definition) is 4. The van der Waals surface area contributed by atoms with Gasteiger partial charge in [-0.25, -0.2) is 0 Å². The third kappa shape index (κ3) is 3.98. The lowest BCUT2D eigenvalue weighted by molar-refractivity contribution is -0.122. The predicted molar refractivity (Wildman–Crippen MR) is 103 cm³/mol. The molecule has 0 radical (unpaired) electrons. The number of benzene rings is 2. The molecule has 1 saturated heterocycles. The average Bonchev–Trinajstić information content (AvgIpc) is 2.89. The average molecular weight is 363 g/mol. The van der Waals surface area contributed by atoms with Crippen molar-refractivity contribution in [1.82, 2.24) is 4.90 Å². The molecule has 0 N–H and O–H groups in total. The lowest BCUT2D eigenvalue weighted by Gasteiger charge is -2.10. The molecule has 1 heterocycles. The minimum Gasteiger partial charge on any atom is -0.488 e. The van der Waals surface area contributed by atoms with E-state index < -0.39 is 0 Å². The van der Waals surface area contributed by atoms with E-state index in [0.29, 0.717) is 17.3 Å². The molecule has 2 aromatic rings. The summed E-state index contributed by atoms with van der Waals surface area (Å²) in [5, 5.41) is -0.350. The molecule has 0 atom stereocenters. The van der Waals surface area contributed by atoms with E-state index in [1.54, 1.807) is 6.08 Å². The minimum absolute atomic E-state index is 0.0203. The Morgan fingerprint density at radius 2 is 2.00 bits per heavy atom. The summed E-state index contributed by atoms with van der Waals surface area (Å²) in [6.07, 6.45) is 6.89. The van der Waals surface area contributed by atoms with Crippen LogP contribution in [0.15, 0.2) is 53.4 Å². The zero-order valence-corrected chi connectivity index (χ0v) is 15.1. The van der Waals surface area contributed by atoms with E-state index in [9.17, 15) is 9.59 Å². The van der Waals surface area contributed by atoms with Crippen molar-refractivity contribution >= 4 is 29.0 Å². The first-order chi connectivity index (χ1) is 12.6. The standard InChI is InChI=1S/C21H17NO3S/c1-3-11-22-20(23)19(26-21(22)24)13-17-9-4-5-10-18(17)25-14-16-8-6-7-15(2)12-16/h1,4-10,12-13H,11,14H2,2H3/b19-13+. The second-order valence-corrected chi connectivity index (χ2v) is 6.78. The van der Waals surface area contributed by atoms with Crippen LogP contribution in [0, 0.1) is 19.3 Å². The van der Waals surface area contributed by atoms with Gasteiger partial charge in [-0.3, -0.25) is 14.5 Å². The van der Waals surface area contributed by atoms with E-state index in [0.717, 1.165) is 27.8 Å². The van der Waals surface area contributed by atoms with Crippen molar-refractivity contribution < 1.29 is 14.3 Å². The summed E-state index contributed by atoms with van der Waals surface area (Å²) in [4.78, 5) is 25.6. The molecule has 5 heteroatoms. The maximum Gasteiger partial charge on any atom is 0.294 e. The smallest absolute Gasteiger partial charge is 0.294 e. The number of imide groups is 1. The van der Waals surface area contributed by atoms with Crippen molar-refractivity contribution in [2.45, 2.75) is 13.5 Å². The molecule has 0 aliphatic carbocycles. The van der Waals surface area contributed by atoms with E-state index >= 15 is 0 Å². The number of carbonyl (C=O) groups excluding carboxylic acids is 2. The quantitative estimate of drug-likeness (QED) is 0.589. The summed E-state index contributed by atoms with van der Waals surface area (Å²) in [6, 6.07) is 15.5. The first-order valence-electron chi connectivity index (χ1n) is 8.04. The number of aryl methyl sites for hydroxylation is 1. The van der Waals surface area contributed by atoms with E-state index in [4.69, 9.17) is 11.2 Å². The summed E-state index contributed by atoms with van der Waals surface area (Å²) in [5.74, 6) is 2.61. The van der Waals surface area contributed by atoms with Crippen LogP contribution in [0.1, 0.15) is 16.7 Å². The Morgan fingerprint density at radius 1 is 1.19 bits per heavy atom. The summed E-state index contributed by atoms with van der Waals surface area (Å²) in [7, 11) is 0. The highest BCUT2D eigenvalue weighted by molar-refractivity contribution is 8.18. The fourth-order valence-corrected chi connectivity index (χ4v) is 3.39. The van der Waals surface area contributed by atoms with Gasteiger partial charge in [-0.05, 0) is 36.4 Å². The van der Waals surface area contributed by atoms with Crippen molar-refractivity contribution in [3.8, 4) is 18.1 Å². The molecule has 1 fully saturated rings. The molecule has 2 aromatic carbocycles. The van der Waals surface area contributed by atoms with E-state index in [-0.39, 0.29) is 17.7 Å². The normalized spacial score (nSPS) is 15.4. The van der Waals surface area contributed by atoms with Crippen molar-refractivity contribution in [3.63, 3.8) is 0 Å². The Kier molecular flexibility index (Phi) is 5.45. The van der Waals surface area contributed by atoms with Crippen molar-refractivity contribution in [2.75, 3.05) is 6.54 Å². The second-order valence-electron chi connectivity index (χ2n) is 5.79. The Hall–Kier alpha value is -2.97. The Labute approximate surface area is 156 Å². The number of rotatable bonds is 5. The van der Waals surface area contributed by atoms with Crippen LogP contribution >= 0.6 is 11.8 Å². The second kappa shape index (κ2) is 7.94. The summed E-state index contributed by atoms with van der Waals surface area (Å²) in [5.41, 5.74) is 2.97. The molecule has 0 saturated carbocycles. The molecule has 1 aliphatic heterocycles. The van der Waals surface area contributed by atoms with E-state index in [1.807, 2.05) is 49.4 Å². The van der Waals surface area contributed by atoms with Gasteiger partial charge in [0, 0.05) is 5.56 Å². The molecule has 130 valence electrons. The number of amides is 2. The molecule has 4 nitrogen and oxygen atoms in total. The minimum atomic E-state index is -0.369. The van der Waals surface area contributed by atoms with Crippen LogP contribution in [-0.2, 0) is 11.4 Å². The monoisotopic (exact) mass is 363 g/mol. The van der Waals surface area contributed by atoms with Gasteiger partial charge in [0.05, 0.1) is 11.4 Å². The number of terminal acetylenes is 1. The number of nitrogens with zero attached hydrogens (tertiary/aromatic N) is 1. The molecular formula is C21H17NO3S. The molecular weight excluding hydrogens is 346 g/mol. The third-order valence-electron chi connectivity index (χ3n) is 3.81. The van der Waals surface area contributed by atoms with Gasteiger partial charge in [0.25, 0.3) is 11.1 Å². The van der Waals surface area contributed by atoms with Gasteiger partial charge in [-0.2, -0.15) is 0 Å². The number of carbonyl (C=O) groups is 2. The van der Waals surface area contributed by atoms with Crippen LogP contribution in [-0.4, -0.2) is 22.6 Å². The van der Waals surface area contributed by atoms with Gasteiger partial charge < -0.3 is 4.74 Å². The molecule has 0 aromatic heterocycles. The Bertz CT molecular complexity index is 927. The number of ether oxygens (including phenoxy) is 1.